The van der Waals surface area contributed by atoms with Crippen molar-refractivity contribution in [1.82, 2.24) is 14.9 Å². The first-order valence-electron chi connectivity index (χ1n) is 7.42. The monoisotopic (exact) mass is 287 g/mol. The van der Waals surface area contributed by atoms with Gasteiger partial charge in [0.15, 0.2) is 5.89 Å². The number of hydrogen-bond acceptors (Lipinski definition) is 5. The molecule has 1 saturated heterocycles. The normalized spacial score (nSPS) is 17.0. The average Bonchev–Trinajstić information content (AvgIpc) is 2.89. The van der Waals surface area contributed by atoms with Crippen molar-refractivity contribution in [3.8, 4) is 5.88 Å². The lowest BCUT2D eigenvalue weighted by atomic mass is 10.1. The summed E-state index contributed by atoms with van der Waals surface area (Å²) >= 11 is 0. The molecule has 5 nitrogen and oxygen atoms in total. The van der Waals surface area contributed by atoms with Crippen LogP contribution in [0.4, 0.5) is 0 Å². The van der Waals surface area contributed by atoms with Gasteiger partial charge in [-0.15, -0.1) is 0 Å². The summed E-state index contributed by atoms with van der Waals surface area (Å²) in [6, 6.07) is 3.97. The molecule has 3 heterocycles. The number of aryl methyl sites for hydroxylation is 2. The Labute approximate surface area is 125 Å². The third kappa shape index (κ3) is 3.61. The Kier molecular flexibility index (Phi) is 4.20. The zero-order valence-corrected chi connectivity index (χ0v) is 12.6. The highest BCUT2D eigenvalue weighted by Crippen LogP contribution is 2.21. The molecule has 0 atom stereocenters. The van der Waals surface area contributed by atoms with E-state index in [2.05, 4.69) is 14.9 Å². The summed E-state index contributed by atoms with van der Waals surface area (Å²) in [5.41, 5.74) is 1.09. The van der Waals surface area contributed by atoms with E-state index in [1.807, 2.05) is 32.2 Å². The molecule has 0 spiro atoms. The van der Waals surface area contributed by atoms with Crippen molar-refractivity contribution in [3.05, 3.63) is 41.7 Å². The SMILES string of the molecule is Cc1ncc(CN2CCC(Oc3ncccc3C)CC2)o1. The number of nitrogens with zero attached hydrogens (tertiary/aromatic N) is 3. The van der Waals surface area contributed by atoms with Crippen LogP contribution in [0, 0.1) is 13.8 Å². The molecule has 0 aliphatic carbocycles. The van der Waals surface area contributed by atoms with Crippen molar-refractivity contribution in [2.24, 2.45) is 0 Å². The fourth-order valence-corrected chi connectivity index (χ4v) is 2.64. The zero-order chi connectivity index (χ0) is 14.7. The van der Waals surface area contributed by atoms with Crippen LogP contribution < -0.4 is 4.74 Å². The number of oxazole rings is 1. The summed E-state index contributed by atoms with van der Waals surface area (Å²) in [7, 11) is 0. The molecular formula is C16H21N3O2. The lowest BCUT2D eigenvalue weighted by Gasteiger charge is -2.31. The number of aromatic nitrogens is 2. The van der Waals surface area contributed by atoms with E-state index in [-0.39, 0.29) is 6.10 Å². The second-order valence-electron chi connectivity index (χ2n) is 5.56. The van der Waals surface area contributed by atoms with Crippen LogP contribution in [0.25, 0.3) is 0 Å². The fraction of sp³-hybridized carbons (Fsp3) is 0.500. The Balaban J connectivity index is 1.50. The highest BCUT2D eigenvalue weighted by Gasteiger charge is 2.22. The minimum atomic E-state index is 0.256. The Bertz CT molecular complexity index is 589. The lowest BCUT2D eigenvalue weighted by Crippen LogP contribution is -2.37. The maximum Gasteiger partial charge on any atom is 0.216 e. The molecule has 0 unspecified atom stereocenters. The number of ether oxygens (including phenoxy) is 1. The van der Waals surface area contributed by atoms with Gasteiger partial charge in [-0.1, -0.05) is 6.07 Å². The molecule has 112 valence electrons. The van der Waals surface area contributed by atoms with Gasteiger partial charge in [-0.25, -0.2) is 9.97 Å². The van der Waals surface area contributed by atoms with Gasteiger partial charge in [-0.2, -0.15) is 0 Å². The van der Waals surface area contributed by atoms with Crippen LogP contribution in [0.5, 0.6) is 5.88 Å². The molecule has 1 aliphatic rings. The Morgan fingerprint density at radius 1 is 1.29 bits per heavy atom. The Morgan fingerprint density at radius 3 is 2.76 bits per heavy atom. The molecule has 0 N–H and O–H groups in total. The molecule has 1 fully saturated rings. The van der Waals surface area contributed by atoms with E-state index in [1.54, 1.807) is 6.20 Å². The van der Waals surface area contributed by atoms with Crippen LogP contribution in [0.1, 0.15) is 30.1 Å². The third-order valence-electron chi connectivity index (χ3n) is 3.82. The van der Waals surface area contributed by atoms with Crippen molar-refractivity contribution in [2.45, 2.75) is 39.3 Å². The van der Waals surface area contributed by atoms with E-state index in [4.69, 9.17) is 9.15 Å². The summed E-state index contributed by atoms with van der Waals surface area (Å²) in [5, 5.41) is 0. The molecule has 0 amide bonds. The number of pyridine rings is 1. The van der Waals surface area contributed by atoms with Crippen LogP contribution in [-0.2, 0) is 6.54 Å². The van der Waals surface area contributed by atoms with E-state index in [0.29, 0.717) is 0 Å². The van der Waals surface area contributed by atoms with Crippen molar-refractivity contribution in [2.75, 3.05) is 13.1 Å². The summed E-state index contributed by atoms with van der Waals surface area (Å²) in [5.74, 6) is 2.43. The second kappa shape index (κ2) is 6.26. The minimum absolute atomic E-state index is 0.256. The van der Waals surface area contributed by atoms with E-state index in [1.165, 1.54) is 0 Å². The number of hydrogen-bond donors (Lipinski definition) is 0. The number of likely N-dealkylation sites (tertiary alicyclic amines) is 1. The predicted molar refractivity (Wildman–Crippen MR) is 79.1 cm³/mol. The van der Waals surface area contributed by atoms with E-state index in [9.17, 15) is 0 Å². The van der Waals surface area contributed by atoms with Gasteiger partial charge >= 0.3 is 0 Å². The highest BCUT2D eigenvalue weighted by molar-refractivity contribution is 5.23. The largest absolute Gasteiger partial charge is 0.474 e. The maximum atomic E-state index is 6.02. The molecule has 1 aliphatic heterocycles. The topological polar surface area (TPSA) is 51.4 Å². The highest BCUT2D eigenvalue weighted by atomic mass is 16.5. The smallest absolute Gasteiger partial charge is 0.216 e. The summed E-state index contributed by atoms with van der Waals surface area (Å²) in [6.07, 6.45) is 5.89. The van der Waals surface area contributed by atoms with Gasteiger partial charge in [0.05, 0.1) is 12.7 Å². The van der Waals surface area contributed by atoms with Gasteiger partial charge in [0.1, 0.15) is 11.9 Å². The maximum absolute atomic E-state index is 6.02. The molecule has 2 aromatic rings. The molecule has 21 heavy (non-hydrogen) atoms. The van der Waals surface area contributed by atoms with E-state index in [0.717, 1.165) is 55.6 Å². The van der Waals surface area contributed by atoms with E-state index >= 15 is 0 Å². The minimum Gasteiger partial charge on any atom is -0.474 e. The van der Waals surface area contributed by atoms with Crippen molar-refractivity contribution in [3.63, 3.8) is 0 Å². The van der Waals surface area contributed by atoms with Crippen LogP contribution in [0.15, 0.2) is 28.9 Å². The molecule has 0 aromatic carbocycles. The van der Waals surface area contributed by atoms with Gasteiger partial charge < -0.3 is 9.15 Å². The third-order valence-corrected chi connectivity index (χ3v) is 3.82. The first-order chi connectivity index (χ1) is 10.2. The average molecular weight is 287 g/mol. The fourth-order valence-electron chi connectivity index (χ4n) is 2.64. The molecular weight excluding hydrogens is 266 g/mol. The van der Waals surface area contributed by atoms with E-state index < -0.39 is 0 Å². The molecule has 0 bridgehead atoms. The van der Waals surface area contributed by atoms with Gasteiger partial charge in [0.2, 0.25) is 5.88 Å². The second-order valence-corrected chi connectivity index (χ2v) is 5.56. The summed E-state index contributed by atoms with van der Waals surface area (Å²) < 4.78 is 11.5. The quantitative estimate of drug-likeness (QED) is 0.865. The zero-order valence-electron chi connectivity index (χ0n) is 12.6. The van der Waals surface area contributed by atoms with Gasteiger partial charge in [-0.3, -0.25) is 4.90 Å². The molecule has 0 radical (unpaired) electrons. The first kappa shape index (κ1) is 14.1. The predicted octanol–water partition coefficient (Wildman–Crippen LogP) is 2.73. The lowest BCUT2D eigenvalue weighted by molar-refractivity contribution is 0.0888. The number of rotatable bonds is 4. The summed E-state index contributed by atoms with van der Waals surface area (Å²) in [6.45, 7) is 6.76. The standard InChI is InChI=1S/C16H21N3O2/c1-12-4-3-7-17-16(12)21-14-5-8-19(9-6-14)11-15-10-18-13(2)20-15/h3-4,7,10,14H,5-6,8-9,11H2,1-2H3. The Morgan fingerprint density at radius 2 is 2.10 bits per heavy atom. The first-order valence-corrected chi connectivity index (χ1v) is 7.42. The number of piperidine rings is 1. The van der Waals surface area contributed by atoms with Crippen molar-refractivity contribution < 1.29 is 9.15 Å². The molecule has 5 heteroatoms. The van der Waals surface area contributed by atoms with Crippen molar-refractivity contribution in [1.29, 1.82) is 0 Å². The van der Waals surface area contributed by atoms with Crippen LogP contribution >= 0.6 is 0 Å². The summed E-state index contributed by atoms with van der Waals surface area (Å²) in [4.78, 5) is 10.8. The Hall–Kier alpha value is -1.88. The van der Waals surface area contributed by atoms with Crippen LogP contribution in [0.2, 0.25) is 0 Å². The van der Waals surface area contributed by atoms with Crippen LogP contribution in [-0.4, -0.2) is 34.1 Å². The van der Waals surface area contributed by atoms with Gasteiger partial charge in [0.25, 0.3) is 0 Å². The van der Waals surface area contributed by atoms with Gasteiger partial charge in [-0.05, 0) is 25.8 Å². The van der Waals surface area contributed by atoms with Crippen molar-refractivity contribution >= 4 is 0 Å². The molecule has 2 aromatic heterocycles. The molecule has 0 saturated carbocycles. The van der Waals surface area contributed by atoms with Crippen LogP contribution in [0.3, 0.4) is 0 Å². The van der Waals surface area contributed by atoms with Gasteiger partial charge in [0, 0.05) is 31.8 Å². The molecule has 3 rings (SSSR count).